The van der Waals surface area contributed by atoms with Crippen molar-refractivity contribution in [2.45, 2.75) is 21.2 Å². The van der Waals surface area contributed by atoms with Crippen molar-refractivity contribution in [3.8, 4) is 22.7 Å². The van der Waals surface area contributed by atoms with Crippen LogP contribution in [0, 0.1) is 0 Å². The molecule has 18 nitrogen and oxygen atoms in total. The van der Waals surface area contributed by atoms with E-state index in [4.69, 9.17) is 40.1 Å². The fraction of sp³-hybridized carbons (Fsp3) is 0.149. The molecule has 0 saturated carbocycles. The molecule has 0 radical (unpaired) electrons. The lowest BCUT2D eigenvalue weighted by Crippen LogP contribution is -2.21. The minimum atomic E-state index is -0.215. The fourth-order valence-corrected chi connectivity index (χ4v) is 9.66. The smallest absolute Gasteiger partial charge is 0.261 e. The number of rotatable bonds is 17. The quantitative estimate of drug-likeness (QED) is 0.0196. The van der Waals surface area contributed by atoms with E-state index in [2.05, 4.69) is 25.7 Å². The molecule has 8 aromatic rings. The molecular weight excluding hydrogens is 988 g/mol. The summed E-state index contributed by atoms with van der Waals surface area (Å²) in [5.74, 6) is 2.01. The minimum absolute atomic E-state index is 0.0583. The number of nitrogens with two attached hydrogens (primary N) is 4. The zero-order chi connectivity index (χ0) is 49.8. The summed E-state index contributed by atoms with van der Waals surface area (Å²) in [5.41, 5.74) is 35.8. The third-order valence-electron chi connectivity index (χ3n) is 9.48. The highest BCUT2D eigenvalue weighted by Crippen LogP contribution is 2.32. The number of carbonyl (C=O) groups is 1. The van der Waals surface area contributed by atoms with Gasteiger partial charge >= 0.3 is 0 Å². The van der Waals surface area contributed by atoms with Crippen LogP contribution in [0.25, 0.3) is 33.2 Å². The molecule has 0 bridgehead atoms. The van der Waals surface area contributed by atoms with Gasteiger partial charge in [-0.2, -0.15) is 0 Å². The van der Waals surface area contributed by atoms with E-state index in [1.54, 1.807) is 111 Å². The third kappa shape index (κ3) is 14.6. The number of amides is 1. The van der Waals surface area contributed by atoms with Gasteiger partial charge in [0, 0.05) is 116 Å². The van der Waals surface area contributed by atoms with Gasteiger partial charge in [-0.3, -0.25) is 32.9 Å². The van der Waals surface area contributed by atoms with Crippen LogP contribution in [0.5, 0.6) is 0 Å². The molecule has 1 amide bonds. The van der Waals surface area contributed by atoms with E-state index < -0.39 is 0 Å². The Kier molecular flexibility index (Phi) is 20.1. The van der Waals surface area contributed by atoms with E-state index in [-0.39, 0.29) is 29.1 Å². The highest BCUT2D eigenvalue weighted by atomic mass is 35.5. The van der Waals surface area contributed by atoms with E-state index in [1.807, 2.05) is 54.6 Å². The Labute approximate surface area is 423 Å². The number of azide groups is 1. The lowest BCUT2D eigenvalue weighted by molar-refractivity contribution is 0.0954. The van der Waals surface area contributed by atoms with E-state index in [0.717, 1.165) is 43.2 Å². The summed E-state index contributed by atoms with van der Waals surface area (Å²) in [4.78, 5) is 54.0. The van der Waals surface area contributed by atoms with Crippen molar-refractivity contribution >= 4 is 75.5 Å². The molecule has 9 N–H and O–H groups in total. The first-order chi connectivity index (χ1) is 34.0. The third-order valence-corrected chi connectivity index (χ3v) is 14.0. The number of thioether (sulfide) groups is 3. The first kappa shape index (κ1) is 52.5. The Morgan fingerprint density at radius 1 is 0.686 bits per heavy atom. The summed E-state index contributed by atoms with van der Waals surface area (Å²) in [5, 5.41) is 14.8. The molecule has 0 spiro atoms. The number of nitrogens with one attached hydrogen (secondary N) is 1. The molecule has 0 fully saturated rings. The van der Waals surface area contributed by atoms with Gasteiger partial charge in [-0.25, -0.2) is 4.68 Å². The average molecular weight is 1040 g/mol. The topological polar surface area (TPSA) is 279 Å². The number of aromatic nitrogens is 6. The number of thiophene rings is 1. The van der Waals surface area contributed by atoms with Gasteiger partial charge in [0.25, 0.3) is 22.6 Å². The Morgan fingerprint density at radius 2 is 1.20 bits per heavy atom. The van der Waals surface area contributed by atoms with Crippen molar-refractivity contribution in [1.29, 1.82) is 0 Å². The summed E-state index contributed by atoms with van der Waals surface area (Å²) in [7, 11) is 0. The summed E-state index contributed by atoms with van der Waals surface area (Å²) < 4.78 is 6.91. The number of benzene rings is 3. The number of anilines is 1. The molecule has 0 saturated heterocycles. The molecule has 360 valence electrons. The van der Waals surface area contributed by atoms with Crippen LogP contribution in [-0.4, -0.2) is 71.5 Å². The van der Waals surface area contributed by atoms with Gasteiger partial charge in [-0.05, 0) is 90.5 Å². The summed E-state index contributed by atoms with van der Waals surface area (Å²) in [6.45, 7) is 1.87. The molecule has 0 atom stereocenters. The van der Waals surface area contributed by atoms with Crippen LogP contribution in [0.4, 0.5) is 11.4 Å². The Morgan fingerprint density at radius 3 is 1.73 bits per heavy atom. The van der Waals surface area contributed by atoms with Crippen LogP contribution >= 0.6 is 58.2 Å². The molecule has 5 aromatic heterocycles. The summed E-state index contributed by atoms with van der Waals surface area (Å²) in [6, 6.07) is 35.0. The molecule has 3 aromatic carbocycles. The van der Waals surface area contributed by atoms with Crippen LogP contribution in [0.1, 0.15) is 15.4 Å². The Balaban J connectivity index is 0.000000183. The minimum Gasteiger partial charge on any atom is -0.398 e. The van der Waals surface area contributed by atoms with Gasteiger partial charge in [-0.15, -0.1) is 51.7 Å². The van der Waals surface area contributed by atoms with E-state index in [1.165, 1.54) is 45.9 Å². The standard InChI is InChI=1S/C21H19ClN6O2S2.C13H13N5OS.C13H15N3OS/c22-19-7-6-17(32-19)21(30)24-12-14-13-28(26-25-14)16-5-4-15(11-18(16)31-10-8-23)27-9-2-1-3-20(27)29;14-6-8-20-12-9-10(4-5-11(12)16-17-15)18-7-2-1-3-13(18)19;14-6-8-18-12-9-10(4-5-11(12)15)16-7-2-1-3-13(16)17/h1-7,9,11,13H,8,10,12,23H2,(H,24,30);1-5,7,9H,6,8,14H2;1-5,7,9H,6,8,14-15H2. The van der Waals surface area contributed by atoms with Crippen molar-refractivity contribution in [1.82, 2.24) is 34.0 Å². The van der Waals surface area contributed by atoms with Crippen LogP contribution in [0.3, 0.4) is 0 Å². The number of hydrogen-bond donors (Lipinski definition) is 5. The van der Waals surface area contributed by atoms with Crippen molar-refractivity contribution in [3.63, 3.8) is 0 Å². The predicted octanol–water partition coefficient (Wildman–Crippen LogP) is 7.41. The van der Waals surface area contributed by atoms with Gasteiger partial charge in [0.15, 0.2) is 0 Å². The second kappa shape index (κ2) is 26.8. The van der Waals surface area contributed by atoms with Crippen LogP contribution in [-0.2, 0) is 6.54 Å². The molecule has 23 heteroatoms. The molecule has 0 aliphatic heterocycles. The maximum Gasteiger partial charge on any atom is 0.261 e. The number of halogens is 1. The van der Waals surface area contributed by atoms with Crippen molar-refractivity contribution in [2.75, 3.05) is 42.6 Å². The van der Waals surface area contributed by atoms with Crippen LogP contribution < -0.4 is 44.9 Å². The summed E-state index contributed by atoms with van der Waals surface area (Å²) >= 11 is 11.8. The molecule has 0 unspecified atom stereocenters. The number of nitrogens with zero attached hydrogens (tertiary/aromatic N) is 9. The summed E-state index contributed by atoms with van der Waals surface area (Å²) in [6.07, 6.45) is 6.93. The first-order valence-corrected chi connectivity index (χ1v) is 25.4. The van der Waals surface area contributed by atoms with Crippen LogP contribution in [0.15, 0.2) is 180 Å². The van der Waals surface area contributed by atoms with E-state index in [9.17, 15) is 19.2 Å². The molecule has 0 aliphatic rings. The lowest BCUT2D eigenvalue weighted by Gasteiger charge is -2.12. The molecule has 5 heterocycles. The number of nitrogen functional groups attached to an aromatic ring is 1. The van der Waals surface area contributed by atoms with Gasteiger partial charge < -0.3 is 28.3 Å². The van der Waals surface area contributed by atoms with E-state index in [0.29, 0.717) is 57.4 Å². The van der Waals surface area contributed by atoms with Crippen LogP contribution in [0.2, 0.25) is 4.34 Å². The second-order valence-electron chi connectivity index (χ2n) is 14.3. The monoisotopic (exact) mass is 1030 g/mol. The predicted molar refractivity (Wildman–Crippen MR) is 284 cm³/mol. The van der Waals surface area contributed by atoms with Crippen molar-refractivity contribution in [3.05, 3.63) is 203 Å². The first-order valence-electron chi connectivity index (χ1n) is 21.2. The SMILES string of the molecule is NCCSc1cc(-n2ccccc2=O)ccc1-n1cc(CNC(=O)c2ccc(Cl)s2)nn1.NCCSc1cc(-n2ccccc2=O)ccc1N.[N-]=[N+]=Nc1ccc(-n2ccccc2=O)cc1SCCN. The molecule has 0 aliphatic carbocycles. The largest absolute Gasteiger partial charge is 0.398 e. The Bertz CT molecular complexity index is 3260. The number of carbonyl (C=O) groups excluding carboxylic acids is 1. The van der Waals surface area contributed by atoms with Gasteiger partial charge in [0.1, 0.15) is 5.69 Å². The van der Waals surface area contributed by atoms with Gasteiger partial charge in [0.05, 0.1) is 33.3 Å². The van der Waals surface area contributed by atoms with Gasteiger partial charge in [0.2, 0.25) is 0 Å². The number of pyridine rings is 3. The fourth-order valence-electron chi connectivity index (χ4n) is 6.27. The second-order valence-corrected chi connectivity index (χ2v) is 19.4. The maximum absolute atomic E-state index is 12.2. The molecule has 8 rings (SSSR count). The zero-order valence-electron chi connectivity index (χ0n) is 37.3. The normalized spacial score (nSPS) is 10.6. The molecular formula is C47H47ClN14O4S4. The molecule has 70 heavy (non-hydrogen) atoms. The average Bonchev–Trinajstić information content (AvgIpc) is 4.05. The zero-order valence-corrected chi connectivity index (χ0v) is 41.3. The Hall–Kier alpha value is -6.85. The van der Waals surface area contributed by atoms with E-state index >= 15 is 0 Å². The van der Waals surface area contributed by atoms with Gasteiger partial charge in [-0.1, -0.05) is 40.1 Å². The lowest BCUT2D eigenvalue weighted by atomic mass is 10.2. The number of hydrogen-bond acceptors (Lipinski definition) is 15. The highest BCUT2D eigenvalue weighted by molar-refractivity contribution is 8.00. The highest BCUT2D eigenvalue weighted by Gasteiger charge is 2.14. The maximum atomic E-state index is 12.2. The van der Waals surface area contributed by atoms with Crippen molar-refractivity contribution < 1.29 is 4.79 Å². The van der Waals surface area contributed by atoms with Crippen molar-refractivity contribution in [2.24, 2.45) is 22.3 Å².